The fourth-order valence-electron chi connectivity index (χ4n) is 4.01. The van der Waals surface area contributed by atoms with Crippen molar-refractivity contribution in [3.05, 3.63) is 57.6 Å². The van der Waals surface area contributed by atoms with Crippen LogP contribution in [0, 0.1) is 0 Å². The first-order chi connectivity index (χ1) is 16.7. The third-order valence-corrected chi connectivity index (χ3v) is 5.20. The number of halogens is 18. The first-order valence-corrected chi connectivity index (χ1v) is 9.22. The van der Waals surface area contributed by atoms with E-state index in [1.807, 2.05) is 0 Å². The average Bonchev–Trinajstić information content (AvgIpc) is 2.64. The van der Waals surface area contributed by atoms with E-state index >= 15 is 0 Å². The Balaban J connectivity index is 3.11. The summed E-state index contributed by atoms with van der Waals surface area (Å²) in [6, 6.07) is -3.03. The highest BCUT2D eigenvalue weighted by molar-refractivity contribution is 6.12. The first kappa shape index (κ1) is 29.5. The van der Waals surface area contributed by atoms with Crippen molar-refractivity contribution in [3.8, 4) is 0 Å². The molecule has 0 N–H and O–H groups in total. The fourth-order valence-corrected chi connectivity index (χ4v) is 4.01. The van der Waals surface area contributed by atoms with E-state index in [0.29, 0.717) is 0 Å². The van der Waals surface area contributed by atoms with E-state index in [1.54, 1.807) is 0 Å². The first-order valence-electron chi connectivity index (χ1n) is 9.22. The summed E-state index contributed by atoms with van der Waals surface area (Å²) in [5.74, 6) is 0. The molecule has 0 aliphatic carbocycles. The molecule has 210 valence electrons. The van der Waals surface area contributed by atoms with Gasteiger partial charge in [-0.1, -0.05) is 0 Å². The van der Waals surface area contributed by atoms with Crippen molar-refractivity contribution >= 4 is 21.5 Å². The summed E-state index contributed by atoms with van der Waals surface area (Å²) < 4.78 is 248. The maximum absolute atomic E-state index is 14.1. The van der Waals surface area contributed by atoms with Crippen LogP contribution in [0.15, 0.2) is 24.3 Å². The quantitative estimate of drug-likeness (QED) is 0.182. The van der Waals surface area contributed by atoms with Gasteiger partial charge in [-0.2, -0.15) is 79.0 Å². The lowest BCUT2D eigenvalue weighted by atomic mass is 9.82. The van der Waals surface area contributed by atoms with Crippen molar-refractivity contribution in [3.63, 3.8) is 0 Å². The molecule has 0 nitrogen and oxygen atoms in total. The summed E-state index contributed by atoms with van der Waals surface area (Å²) >= 11 is 0. The Morgan fingerprint density at radius 2 is 0.421 bits per heavy atom. The van der Waals surface area contributed by atoms with E-state index < -0.39 is 116 Å². The Morgan fingerprint density at radius 3 is 0.526 bits per heavy atom. The lowest BCUT2D eigenvalue weighted by molar-refractivity contribution is -0.146. The molecule has 0 spiro atoms. The molecular weight excluding hydrogens is 582 g/mol. The van der Waals surface area contributed by atoms with Gasteiger partial charge in [0.15, 0.2) is 0 Å². The molecule has 0 heterocycles. The number of benzene rings is 3. The molecule has 0 atom stereocenters. The van der Waals surface area contributed by atoms with Crippen LogP contribution in [0.3, 0.4) is 0 Å². The van der Waals surface area contributed by atoms with Crippen LogP contribution >= 0.6 is 0 Å². The fraction of sp³-hybridized carbons (Fsp3) is 0.300. The Bertz CT molecular complexity index is 1200. The third-order valence-electron chi connectivity index (χ3n) is 5.20. The van der Waals surface area contributed by atoms with Crippen LogP contribution in [0.1, 0.15) is 33.4 Å². The molecule has 3 rings (SSSR count). The molecule has 3 aromatic carbocycles. The number of rotatable bonds is 0. The largest absolute Gasteiger partial charge is 0.417 e. The highest BCUT2D eigenvalue weighted by atomic mass is 19.4. The maximum Gasteiger partial charge on any atom is 0.417 e. The van der Waals surface area contributed by atoms with Crippen molar-refractivity contribution in [2.24, 2.45) is 0 Å². The zero-order chi connectivity index (χ0) is 29.6. The number of alkyl halides is 18. The topological polar surface area (TPSA) is 0 Å². The van der Waals surface area contributed by atoms with Crippen LogP contribution < -0.4 is 0 Å². The van der Waals surface area contributed by atoms with Crippen LogP contribution in [0.5, 0.6) is 0 Å². The summed E-state index contributed by atoms with van der Waals surface area (Å²) in [4.78, 5) is 0. The summed E-state index contributed by atoms with van der Waals surface area (Å²) in [5, 5.41) is -12.2. The van der Waals surface area contributed by atoms with Crippen molar-refractivity contribution in [2.45, 2.75) is 37.1 Å². The predicted molar refractivity (Wildman–Crippen MR) is 91.5 cm³/mol. The molecule has 0 amide bonds. The van der Waals surface area contributed by atoms with E-state index in [4.69, 9.17) is 0 Å². The Kier molecular flexibility index (Phi) is 6.37. The highest BCUT2D eigenvalue weighted by Crippen LogP contribution is 2.56. The van der Waals surface area contributed by atoms with Crippen LogP contribution in [0.2, 0.25) is 0 Å². The van der Waals surface area contributed by atoms with Crippen molar-refractivity contribution in [2.75, 3.05) is 0 Å². The molecule has 0 saturated carbocycles. The minimum Gasteiger partial charge on any atom is -0.166 e. The summed E-state index contributed by atoms with van der Waals surface area (Å²) in [6.45, 7) is 0. The molecule has 0 aliphatic heterocycles. The van der Waals surface area contributed by atoms with Gasteiger partial charge in [0.05, 0.1) is 33.4 Å². The van der Waals surface area contributed by atoms with Crippen molar-refractivity contribution in [1.82, 2.24) is 0 Å². The Labute approximate surface area is 196 Å². The predicted octanol–water partition coefficient (Wildman–Crippen LogP) is 10.1. The molecule has 0 bridgehead atoms. The minimum absolute atomic E-state index is 0.757. The minimum atomic E-state index is -6.63. The van der Waals surface area contributed by atoms with Gasteiger partial charge in [-0.05, 0) is 24.3 Å². The average molecular weight is 586 g/mol. The van der Waals surface area contributed by atoms with E-state index in [0.717, 1.165) is 0 Å². The summed E-state index contributed by atoms with van der Waals surface area (Å²) in [6.07, 6.45) is -38.1. The van der Waals surface area contributed by atoms with Crippen LogP contribution in [-0.2, 0) is 37.1 Å². The Hall–Kier alpha value is -3.08. The van der Waals surface area contributed by atoms with Crippen LogP contribution in [-0.4, -0.2) is 0 Å². The molecule has 0 fully saturated rings. The molecule has 0 saturated heterocycles. The monoisotopic (exact) mass is 586 g/mol. The summed E-state index contributed by atoms with van der Waals surface area (Å²) in [5.41, 5.74) is -18.4. The van der Waals surface area contributed by atoms with E-state index in [-0.39, 0.29) is 0 Å². The van der Waals surface area contributed by atoms with Gasteiger partial charge in [0.1, 0.15) is 0 Å². The standard InChI is InChI=1S/C20H4F18/c21-15(22,23)5-1-2-6(16(24,25)26)10-9(5)13(19(33,34)35)11-7(17(27,28)29)3-4-8(18(30,31)32)12(11)14(10)20(36,37)38/h1-4H. The zero-order valence-corrected chi connectivity index (χ0v) is 17.1. The van der Waals surface area contributed by atoms with Gasteiger partial charge in [-0.15, -0.1) is 0 Å². The van der Waals surface area contributed by atoms with Crippen molar-refractivity contribution in [1.29, 1.82) is 0 Å². The van der Waals surface area contributed by atoms with Gasteiger partial charge < -0.3 is 0 Å². The molecule has 0 aliphatic rings. The number of hydrogen-bond donors (Lipinski definition) is 0. The molecule has 0 aromatic heterocycles. The third kappa shape index (κ3) is 4.88. The molecule has 3 aromatic rings. The Morgan fingerprint density at radius 1 is 0.263 bits per heavy atom. The van der Waals surface area contributed by atoms with Crippen LogP contribution in [0.4, 0.5) is 79.0 Å². The zero-order valence-electron chi connectivity index (χ0n) is 17.1. The number of hydrogen-bond acceptors (Lipinski definition) is 0. The number of fused-ring (bicyclic) bond motifs is 2. The van der Waals surface area contributed by atoms with Gasteiger partial charge in [0.25, 0.3) is 0 Å². The lowest BCUT2D eigenvalue weighted by Gasteiger charge is -2.28. The molecule has 0 radical (unpaired) electrons. The van der Waals surface area contributed by atoms with E-state index in [1.165, 1.54) is 0 Å². The van der Waals surface area contributed by atoms with E-state index in [9.17, 15) is 79.0 Å². The second kappa shape index (κ2) is 8.21. The van der Waals surface area contributed by atoms with Gasteiger partial charge in [-0.25, -0.2) is 0 Å². The van der Waals surface area contributed by atoms with E-state index in [2.05, 4.69) is 0 Å². The highest BCUT2D eigenvalue weighted by Gasteiger charge is 2.52. The second-order valence-electron chi connectivity index (χ2n) is 7.56. The van der Waals surface area contributed by atoms with Gasteiger partial charge >= 0.3 is 37.1 Å². The molecule has 18 heteroatoms. The maximum atomic E-state index is 14.1. The smallest absolute Gasteiger partial charge is 0.166 e. The van der Waals surface area contributed by atoms with Crippen LogP contribution in [0.25, 0.3) is 21.5 Å². The van der Waals surface area contributed by atoms with Crippen molar-refractivity contribution < 1.29 is 79.0 Å². The molecule has 38 heavy (non-hydrogen) atoms. The lowest BCUT2D eigenvalue weighted by Crippen LogP contribution is -2.22. The normalized spacial score (nSPS) is 14.6. The second-order valence-corrected chi connectivity index (χ2v) is 7.56. The summed E-state index contributed by atoms with van der Waals surface area (Å²) in [7, 11) is 0. The SMILES string of the molecule is FC(F)(F)c1ccc(C(F)(F)F)c2c(C(F)(F)F)c3c(C(F)(F)F)ccc(C(F)(F)F)c3c(C(F)(F)F)c12. The van der Waals surface area contributed by atoms with Gasteiger partial charge in [-0.3, -0.25) is 0 Å². The van der Waals surface area contributed by atoms with Gasteiger partial charge in [0.2, 0.25) is 0 Å². The van der Waals surface area contributed by atoms with Gasteiger partial charge in [0, 0.05) is 21.5 Å². The molecular formula is C20H4F18. The molecule has 0 unspecified atom stereocenters.